The standard InChI is InChI=1S/C20H25BN2O5/c1-13-5-3-7-16-14(12-28-20(13)16)11-17(21(25)26)23-18(24)10-9-15-6-4-8-19(22-15)27-2/h3-8,14,17,25-26H,9-12H2,1-2H3,(H,23,24)/t14?,17-/m0/s1. The number of carbonyl (C=O) groups excluding carboxylic acids is 1. The molecule has 8 heteroatoms. The molecule has 2 atom stereocenters. The van der Waals surface area contributed by atoms with E-state index in [4.69, 9.17) is 9.47 Å². The molecule has 1 aromatic heterocycles. The number of hydrogen-bond donors (Lipinski definition) is 3. The highest BCUT2D eigenvalue weighted by molar-refractivity contribution is 6.43. The summed E-state index contributed by atoms with van der Waals surface area (Å²) in [4.78, 5) is 16.6. The lowest BCUT2D eigenvalue weighted by Gasteiger charge is -2.21. The van der Waals surface area contributed by atoms with E-state index in [-0.39, 0.29) is 18.2 Å². The Balaban J connectivity index is 1.58. The molecule has 0 spiro atoms. The molecule has 3 N–H and O–H groups in total. The predicted octanol–water partition coefficient (Wildman–Crippen LogP) is 1.39. The van der Waals surface area contributed by atoms with Crippen LogP contribution in [0.1, 0.15) is 35.6 Å². The van der Waals surface area contributed by atoms with Gasteiger partial charge < -0.3 is 24.8 Å². The lowest BCUT2D eigenvalue weighted by molar-refractivity contribution is -0.121. The van der Waals surface area contributed by atoms with Crippen molar-refractivity contribution in [1.29, 1.82) is 0 Å². The Hall–Kier alpha value is -2.58. The van der Waals surface area contributed by atoms with Crippen LogP contribution >= 0.6 is 0 Å². The molecule has 0 saturated carbocycles. The van der Waals surface area contributed by atoms with Gasteiger partial charge in [-0.3, -0.25) is 4.79 Å². The molecule has 1 unspecified atom stereocenters. The first-order valence-electron chi connectivity index (χ1n) is 9.35. The Morgan fingerprint density at radius 1 is 1.36 bits per heavy atom. The van der Waals surface area contributed by atoms with Gasteiger partial charge in [0.05, 0.1) is 19.7 Å². The third-order valence-corrected chi connectivity index (χ3v) is 4.95. The van der Waals surface area contributed by atoms with E-state index in [0.717, 1.165) is 22.6 Å². The summed E-state index contributed by atoms with van der Waals surface area (Å²) in [5.41, 5.74) is 2.83. The molecule has 0 radical (unpaired) electrons. The van der Waals surface area contributed by atoms with Gasteiger partial charge in [0.1, 0.15) is 5.75 Å². The fraction of sp³-hybridized carbons (Fsp3) is 0.400. The first kappa shape index (κ1) is 20.2. The molecule has 148 valence electrons. The Kier molecular flexibility index (Phi) is 6.54. The van der Waals surface area contributed by atoms with Crippen LogP contribution in [-0.4, -0.2) is 47.7 Å². The number of nitrogens with one attached hydrogen (secondary N) is 1. The van der Waals surface area contributed by atoms with Crippen molar-refractivity contribution in [1.82, 2.24) is 10.3 Å². The minimum absolute atomic E-state index is 0.00190. The average Bonchev–Trinajstić information content (AvgIpc) is 3.10. The highest BCUT2D eigenvalue weighted by atomic mass is 16.5. The topological polar surface area (TPSA) is 101 Å². The second-order valence-electron chi connectivity index (χ2n) is 7.00. The molecule has 0 aliphatic carbocycles. The van der Waals surface area contributed by atoms with Crippen molar-refractivity contribution in [2.24, 2.45) is 0 Å². The fourth-order valence-corrected chi connectivity index (χ4v) is 3.46. The van der Waals surface area contributed by atoms with E-state index < -0.39 is 13.1 Å². The van der Waals surface area contributed by atoms with Gasteiger partial charge >= 0.3 is 7.12 Å². The Labute approximate surface area is 164 Å². The van der Waals surface area contributed by atoms with Crippen molar-refractivity contribution in [3.63, 3.8) is 0 Å². The number of aryl methyl sites for hydroxylation is 2. The van der Waals surface area contributed by atoms with E-state index in [1.807, 2.05) is 37.3 Å². The van der Waals surface area contributed by atoms with Crippen LogP contribution in [0.15, 0.2) is 36.4 Å². The maximum Gasteiger partial charge on any atom is 0.475 e. The predicted molar refractivity (Wildman–Crippen MR) is 105 cm³/mol. The molecule has 0 bridgehead atoms. The third kappa shape index (κ3) is 4.82. The zero-order valence-electron chi connectivity index (χ0n) is 16.1. The Morgan fingerprint density at radius 3 is 2.89 bits per heavy atom. The van der Waals surface area contributed by atoms with Crippen molar-refractivity contribution in [3.05, 3.63) is 53.2 Å². The summed E-state index contributed by atoms with van der Waals surface area (Å²) < 4.78 is 10.8. The van der Waals surface area contributed by atoms with Gasteiger partial charge in [-0.2, -0.15) is 0 Å². The number of fused-ring (bicyclic) bond motifs is 1. The smallest absolute Gasteiger partial charge is 0.475 e. The molecular weight excluding hydrogens is 359 g/mol. The summed E-state index contributed by atoms with van der Waals surface area (Å²) in [6, 6.07) is 11.3. The monoisotopic (exact) mass is 384 g/mol. The van der Waals surface area contributed by atoms with Crippen molar-refractivity contribution in [3.8, 4) is 11.6 Å². The van der Waals surface area contributed by atoms with E-state index in [1.54, 1.807) is 13.2 Å². The number of hydrogen-bond acceptors (Lipinski definition) is 6. The molecule has 0 fully saturated rings. The summed E-state index contributed by atoms with van der Waals surface area (Å²) in [5.74, 6) is 0.324. The van der Waals surface area contributed by atoms with E-state index in [9.17, 15) is 14.8 Å². The lowest BCUT2D eigenvalue weighted by atomic mass is 9.73. The maximum atomic E-state index is 12.3. The quantitative estimate of drug-likeness (QED) is 0.595. The first-order valence-corrected chi connectivity index (χ1v) is 9.35. The highest BCUT2D eigenvalue weighted by Gasteiger charge is 2.33. The minimum Gasteiger partial charge on any atom is -0.492 e. The number of pyridine rings is 1. The molecule has 0 saturated heterocycles. The van der Waals surface area contributed by atoms with Crippen LogP contribution in [0, 0.1) is 6.92 Å². The minimum atomic E-state index is -1.65. The SMILES string of the molecule is COc1cccc(CCC(=O)N[C@@H](CC2COc3c(C)cccc32)B(O)O)n1. The third-order valence-electron chi connectivity index (χ3n) is 4.95. The summed E-state index contributed by atoms with van der Waals surface area (Å²) >= 11 is 0. The number of rotatable bonds is 8. The van der Waals surface area contributed by atoms with Crippen LogP contribution < -0.4 is 14.8 Å². The normalized spacial score (nSPS) is 16.1. The summed E-state index contributed by atoms with van der Waals surface area (Å²) in [7, 11) is -0.105. The van der Waals surface area contributed by atoms with Crippen LogP contribution in [0.5, 0.6) is 11.6 Å². The van der Waals surface area contributed by atoms with Crippen LogP contribution in [0.2, 0.25) is 0 Å². The number of para-hydroxylation sites is 1. The van der Waals surface area contributed by atoms with Crippen LogP contribution in [0.4, 0.5) is 0 Å². The van der Waals surface area contributed by atoms with Crippen molar-refractivity contribution in [2.45, 2.75) is 38.0 Å². The molecule has 7 nitrogen and oxygen atoms in total. The molecule has 1 aromatic carbocycles. The zero-order chi connectivity index (χ0) is 20.1. The van der Waals surface area contributed by atoms with Gasteiger partial charge in [0.25, 0.3) is 0 Å². The Morgan fingerprint density at radius 2 is 2.14 bits per heavy atom. The van der Waals surface area contributed by atoms with Crippen molar-refractivity contribution in [2.75, 3.05) is 13.7 Å². The van der Waals surface area contributed by atoms with Crippen LogP contribution in [0.25, 0.3) is 0 Å². The zero-order valence-corrected chi connectivity index (χ0v) is 16.1. The second kappa shape index (κ2) is 9.08. The van der Waals surface area contributed by atoms with Gasteiger partial charge in [0.15, 0.2) is 0 Å². The number of aromatic nitrogens is 1. The van der Waals surface area contributed by atoms with Crippen LogP contribution in [-0.2, 0) is 11.2 Å². The van der Waals surface area contributed by atoms with Gasteiger partial charge in [-0.15, -0.1) is 0 Å². The van der Waals surface area contributed by atoms with Crippen molar-refractivity contribution >= 4 is 13.0 Å². The van der Waals surface area contributed by atoms with Gasteiger partial charge in [0.2, 0.25) is 11.8 Å². The number of benzene rings is 1. The fourth-order valence-electron chi connectivity index (χ4n) is 3.46. The molecule has 28 heavy (non-hydrogen) atoms. The number of nitrogens with zero attached hydrogens (tertiary/aromatic N) is 1. The van der Waals surface area contributed by atoms with Gasteiger partial charge in [-0.05, 0) is 31.4 Å². The highest BCUT2D eigenvalue weighted by Crippen LogP contribution is 2.38. The largest absolute Gasteiger partial charge is 0.492 e. The van der Waals surface area contributed by atoms with E-state index in [2.05, 4.69) is 10.3 Å². The molecule has 2 heterocycles. The van der Waals surface area contributed by atoms with Gasteiger partial charge in [0, 0.05) is 29.7 Å². The summed E-state index contributed by atoms with van der Waals surface area (Å²) in [6.45, 7) is 2.45. The molecule has 1 aliphatic rings. The Bertz CT molecular complexity index is 830. The molecule has 2 aromatic rings. The number of ether oxygens (including phenoxy) is 2. The average molecular weight is 384 g/mol. The van der Waals surface area contributed by atoms with E-state index in [1.165, 1.54) is 0 Å². The number of methoxy groups -OCH3 is 1. The molecule has 3 rings (SSSR count). The second-order valence-corrected chi connectivity index (χ2v) is 7.00. The van der Waals surface area contributed by atoms with Crippen molar-refractivity contribution < 1.29 is 24.3 Å². The number of amides is 1. The summed E-state index contributed by atoms with van der Waals surface area (Å²) in [5, 5.41) is 22.2. The number of carbonyl (C=O) groups is 1. The lowest BCUT2D eigenvalue weighted by Crippen LogP contribution is -2.47. The first-order chi connectivity index (χ1) is 13.5. The maximum absolute atomic E-state index is 12.3. The molecular formula is C20H25BN2O5. The van der Waals surface area contributed by atoms with E-state index in [0.29, 0.717) is 25.3 Å². The summed E-state index contributed by atoms with van der Waals surface area (Å²) in [6.07, 6.45) is 1.02. The molecule has 1 amide bonds. The van der Waals surface area contributed by atoms with Gasteiger partial charge in [-0.1, -0.05) is 24.3 Å². The van der Waals surface area contributed by atoms with Crippen LogP contribution in [0.3, 0.4) is 0 Å². The van der Waals surface area contributed by atoms with Gasteiger partial charge in [-0.25, -0.2) is 4.98 Å². The molecule has 1 aliphatic heterocycles. The van der Waals surface area contributed by atoms with E-state index >= 15 is 0 Å².